The lowest BCUT2D eigenvalue weighted by atomic mass is 10.1. The van der Waals surface area contributed by atoms with Crippen LogP contribution in [0.4, 0.5) is 10.1 Å². The van der Waals surface area contributed by atoms with E-state index in [1.165, 1.54) is 6.07 Å². The summed E-state index contributed by atoms with van der Waals surface area (Å²) in [6.45, 7) is 3.64. The Morgan fingerprint density at radius 3 is 2.83 bits per heavy atom. The number of likely N-dealkylation sites (N-methyl/N-ethyl adjacent to an activating group) is 1. The number of amides is 1. The molecule has 1 saturated heterocycles. The summed E-state index contributed by atoms with van der Waals surface area (Å²) in [4.78, 5) is 13.3. The maximum Gasteiger partial charge on any atom is 0.248 e. The topological polar surface area (TPSA) is 58.4 Å². The Balaban J connectivity index is 2.23. The number of nitrogens with one attached hydrogen (secondary N) is 1. The van der Waals surface area contributed by atoms with Gasteiger partial charge in [0.1, 0.15) is 5.82 Å². The van der Waals surface area contributed by atoms with Crippen molar-refractivity contribution < 1.29 is 9.18 Å². The first-order chi connectivity index (χ1) is 8.47. The summed E-state index contributed by atoms with van der Waals surface area (Å²) >= 11 is 0. The van der Waals surface area contributed by atoms with Crippen molar-refractivity contribution >= 4 is 11.6 Å². The van der Waals surface area contributed by atoms with Gasteiger partial charge in [-0.15, -0.1) is 0 Å². The van der Waals surface area contributed by atoms with Gasteiger partial charge >= 0.3 is 0 Å². The number of likely N-dealkylation sites (tertiary alicyclic amines) is 1. The van der Waals surface area contributed by atoms with Gasteiger partial charge in [0, 0.05) is 29.4 Å². The zero-order chi connectivity index (χ0) is 13.3. The zero-order valence-electron chi connectivity index (χ0n) is 10.7. The Morgan fingerprint density at radius 2 is 2.28 bits per heavy atom. The fraction of sp³-hybridized carbons (Fsp3) is 0.462. The summed E-state index contributed by atoms with van der Waals surface area (Å²) in [7, 11) is 2.05. The Kier molecular flexibility index (Phi) is 3.52. The number of nitrogens with two attached hydrogens (primary N) is 1. The normalized spacial score (nSPS) is 20.1. The number of primary amides is 1. The van der Waals surface area contributed by atoms with Crippen LogP contribution in [0.5, 0.6) is 0 Å². The summed E-state index contributed by atoms with van der Waals surface area (Å²) in [5.74, 6) is -1.01. The standard InChI is InChI=1S/C13H18FN3O/c1-8-11(14)5-9(13(15)18)6-12(8)16-10-3-4-17(2)7-10/h5-6,10,16H,3-4,7H2,1-2H3,(H2,15,18). The maximum atomic E-state index is 13.7. The van der Waals surface area contributed by atoms with Gasteiger partial charge in [-0.25, -0.2) is 4.39 Å². The fourth-order valence-corrected chi connectivity index (χ4v) is 2.24. The van der Waals surface area contributed by atoms with Crippen molar-refractivity contribution in [2.45, 2.75) is 19.4 Å². The molecule has 0 bridgehead atoms. The Morgan fingerprint density at radius 1 is 1.56 bits per heavy atom. The number of hydrogen-bond acceptors (Lipinski definition) is 3. The molecule has 1 heterocycles. The number of benzene rings is 1. The van der Waals surface area contributed by atoms with E-state index in [0.29, 0.717) is 11.3 Å². The molecule has 0 aromatic heterocycles. The summed E-state index contributed by atoms with van der Waals surface area (Å²) in [5, 5.41) is 3.29. The van der Waals surface area contributed by atoms with Gasteiger partial charge in [0.25, 0.3) is 0 Å². The molecule has 1 fully saturated rings. The third-order valence-electron chi connectivity index (χ3n) is 3.38. The molecule has 1 aromatic carbocycles. The molecule has 18 heavy (non-hydrogen) atoms. The smallest absolute Gasteiger partial charge is 0.248 e. The molecule has 1 aliphatic rings. The fourth-order valence-electron chi connectivity index (χ4n) is 2.24. The molecule has 1 atom stereocenters. The first-order valence-corrected chi connectivity index (χ1v) is 6.02. The SMILES string of the molecule is Cc1c(F)cc(C(N)=O)cc1NC1CCN(C)C1. The number of rotatable bonds is 3. The van der Waals surface area contributed by atoms with E-state index in [1.54, 1.807) is 13.0 Å². The minimum absolute atomic E-state index is 0.201. The van der Waals surface area contributed by atoms with Gasteiger partial charge < -0.3 is 16.0 Å². The summed E-state index contributed by atoms with van der Waals surface area (Å²) in [6, 6.07) is 3.10. The molecule has 1 amide bonds. The van der Waals surface area contributed by atoms with Gasteiger partial charge in [0.05, 0.1) is 0 Å². The molecule has 0 aliphatic carbocycles. The Bertz CT molecular complexity index is 476. The zero-order valence-corrected chi connectivity index (χ0v) is 10.7. The van der Waals surface area contributed by atoms with E-state index in [1.807, 2.05) is 0 Å². The lowest BCUT2D eigenvalue weighted by Crippen LogP contribution is -2.24. The van der Waals surface area contributed by atoms with Crippen LogP contribution in [0.25, 0.3) is 0 Å². The highest BCUT2D eigenvalue weighted by Crippen LogP contribution is 2.23. The Labute approximate surface area is 106 Å². The average molecular weight is 251 g/mol. The Hall–Kier alpha value is -1.62. The highest BCUT2D eigenvalue weighted by molar-refractivity contribution is 5.94. The predicted molar refractivity (Wildman–Crippen MR) is 69.2 cm³/mol. The molecule has 4 nitrogen and oxygen atoms in total. The van der Waals surface area contributed by atoms with Crippen LogP contribution in [0, 0.1) is 12.7 Å². The van der Waals surface area contributed by atoms with E-state index in [4.69, 9.17) is 5.73 Å². The van der Waals surface area contributed by atoms with Crippen LogP contribution in [0.1, 0.15) is 22.3 Å². The van der Waals surface area contributed by atoms with Crippen LogP contribution in [-0.4, -0.2) is 37.0 Å². The number of nitrogens with zero attached hydrogens (tertiary/aromatic N) is 1. The molecule has 1 aliphatic heterocycles. The summed E-state index contributed by atoms with van der Waals surface area (Å²) in [5.41, 5.74) is 6.57. The first-order valence-electron chi connectivity index (χ1n) is 6.02. The molecule has 3 N–H and O–H groups in total. The van der Waals surface area contributed by atoms with Crippen molar-refractivity contribution in [3.8, 4) is 0 Å². The van der Waals surface area contributed by atoms with Crippen LogP contribution < -0.4 is 11.1 Å². The number of anilines is 1. The minimum atomic E-state index is -0.611. The van der Waals surface area contributed by atoms with Crippen LogP contribution >= 0.6 is 0 Å². The van der Waals surface area contributed by atoms with Crippen molar-refractivity contribution in [2.24, 2.45) is 5.73 Å². The van der Waals surface area contributed by atoms with Gasteiger partial charge in [0.15, 0.2) is 0 Å². The maximum absolute atomic E-state index is 13.7. The van der Waals surface area contributed by atoms with Crippen molar-refractivity contribution in [2.75, 3.05) is 25.5 Å². The van der Waals surface area contributed by atoms with Gasteiger partial charge in [-0.2, -0.15) is 0 Å². The molecule has 0 spiro atoms. The molecule has 1 aromatic rings. The first kappa shape index (κ1) is 12.8. The molecular formula is C13H18FN3O. The van der Waals surface area contributed by atoms with E-state index in [2.05, 4.69) is 17.3 Å². The summed E-state index contributed by atoms with van der Waals surface area (Å²) < 4.78 is 13.7. The van der Waals surface area contributed by atoms with Crippen molar-refractivity contribution in [3.63, 3.8) is 0 Å². The molecule has 1 unspecified atom stereocenters. The molecule has 0 radical (unpaired) electrons. The minimum Gasteiger partial charge on any atom is -0.381 e. The van der Waals surface area contributed by atoms with Crippen molar-refractivity contribution in [1.29, 1.82) is 0 Å². The monoisotopic (exact) mass is 251 g/mol. The van der Waals surface area contributed by atoms with Gasteiger partial charge in [-0.3, -0.25) is 4.79 Å². The lowest BCUT2D eigenvalue weighted by molar-refractivity contribution is 0.1000. The second kappa shape index (κ2) is 4.94. The molecule has 98 valence electrons. The van der Waals surface area contributed by atoms with E-state index >= 15 is 0 Å². The van der Waals surface area contributed by atoms with E-state index < -0.39 is 11.7 Å². The number of carbonyl (C=O) groups excluding carboxylic acids is 1. The number of hydrogen-bond donors (Lipinski definition) is 2. The van der Waals surface area contributed by atoms with Crippen LogP contribution in [0.15, 0.2) is 12.1 Å². The van der Waals surface area contributed by atoms with E-state index in [0.717, 1.165) is 19.5 Å². The van der Waals surface area contributed by atoms with E-state index in [9.17, 15) is 9.18 Å². The molecule has 0 saturated carbocycles. The van der Waals surface area contributed by atoms with Gasteiger partial charge in [-0.1, -0.05) is 0 Å². The molecule has 2 rings (SSSR count). The van der Waals surface area contributed by atoms with E-state index in [-0.39, 0.29) is 11.6 Å². The van der Waals surface area contributed by atoms with Crippen LogP contribution in [0.2, 0.25) is 0 Å². The van der Waals surface area contributed by atoms with Crippen LogP contribution in [0.3, 0.4) is 0 Å². The van der Waals surface area contributed by atoms with Gasteiger partial charge in [0.2, 0.25) is 5.91 Å². The van der Waals surface area contributed by atoms with Crippen LogP contribution in [-0.2, 0) is 0 Å². The second-order valence-electron chi connectivity index (χ2n) is 4.89. The largest absolute Gasteiger partial charge is 0.381 e. The third-order valence-corrected chi connectivity index (χ3v) is 3.38. The average Bonchev–Trinajstić information content (AvgIpc) is 2.70. The molecular weight excluding hydrogens is 233 g/mol. The quantitative estimate of drug-likeness (QED) is 0.852. The highest BCUT2D eigenvalue weighted by Gasteiger charge is 2.20. The number of carbonyl (C=O) groups is 1. The highest BCUT2D eigenvalue weighted by atomic mass is 19.1. The predicted octanol–water partition coefficient (Wildman–Crippen LogP) is 1.35. The lowest BCUT2D eigenvalue weighted by Gasteiger charge is -2.17. The second-order valence-corrected chi connectivity index (χ2v) is 4.89. The third kappa shape index (κ3) is 2.61. The summed E-state index contributed by atoms with van der Waals surface area (Å²) in [6.07, 6.45) is 1.01. The number of halogens is 1. The molecule has 5 heteroatoms. The van der Waals surface area contributed by atoms with Crippen molar-refractivity contribution in [3.05, 3.63) is 29.1 Å². The van der Waals surface area contributed by atoms with Gasteiger partial charge in [-0.05, 0) is 39.1 Å². The van der Waals surface area contributed by atoms with Crippen molar-refractivity contribution in [1.82, 2.24) is 4.90 Å².